The average molecular weight is 659 g/mol. The van der Waals surface area contributed by atoms with E-state index in [0.717, 1.165) is 15.0 Å². The minimum absolute atomic E-state index is 0.0185. The maximum atomic E-state index is 14.8. The molecule has 0 spiro atoms. The number of nitrogens with one attached hydrogen (secondary N) is 1. The Bertz CT molecular complexity index is 1410. The van der Waals surface area contributed by atoms with Crippen LogP contribution in [-0.2, 0) is 19.6 Å². The van der Waals surface area contributed by atoms with Crippen LogP contribution in [0, 0.1) is 5.95 Å². The molecule has 3 rings (SSSR count). The number of amidine groups is 1. The van der Waals surface area contributed by atoms with Crippen molar-refractivity contribution in [3.63, 3.8) is 0 Å². The number of sulfonamides is 1. The molecule has 0 saturated heterocycles. The third kappa shape index (κ3) is 9.45. The standard InChI is InChI=1S/C26H33BrFN5O7S/c1-15(2)23-19(24(28)32-25(31-23)33(3)41(4,37)38)10-9-16(34)11-17(35)12-22(36)30-26-29-13-18(40-26)14-39-21-8-6-5-7-20(21)27/h5-10,15-18,34-35H,11-14H2,1-4H3,(H,29,30,36)/b10-9+/t16-,17+,18?/m0/s1. The molecule has 12 nitrogen and oxygen atoms in total. The van der Waals surface area contributed by atoms with Gasteiger partial charge in [0.1, 0.15) is 12.4 Å². The van der Waals surface area contributed by atoms with Crippen molar-refractivity contribution in [3.8, 4) is 5.75 Å². The summed E-state index contributed by atoms with van der Waals surface area (Å²) in [5, 5.41) is 23.1. The molecule has 0 bridgehead atoms. The van der Waals surface area contributed by atoms with Crippen LogP contribution in [0.2, 0.25) is 0 Å². The van der Waals surface area contributed by atoms with Gasteiger partial charge in [0.2, 0.25) is 27.8 Å². The second kappa shape index (κ2) is 14.2. The first-order valence-electron chi connectivity index (χ1n) is 12.7. The van der Waals surface area contributed by atoms with Crippen LogP contribution in [0.4, 0.5) is 10.3 Å². The van der Waals surface area contributed by atoms with Crippen LogP contribution in [0.3, 0.4) is 0 Å². The van der Waals surface area contributed by atoms with E-state index in [1.165, 1.54) is 19.2 Å². The lowest BCUT2D eigenvalue weighted by molar-refractivity contribution is -0.122. The zero-order valence-corrected chi connectivity index (χ0v) is 25.4. The number of nitrogens with zero attached hydrogens (tertiary/aromatic N) is 4. The number of ether oxygens (including phenoxy) is 2. The number of aromatic nitrogens is 2. The highest BCUT2D eigenvalue weighted by Crippen LogP contribution is 2.25. The third-order valence-electron chi connectivity index (χ3n) is 5.89. The van der Waals surface area contributed by atoms with E-state index in [-0.39, 0.29) is 55.1 Å². The fourth-order valence-electron chi connectivity index (χ4n) is 3.68. The number of carbonyl (C=O) groups excluding carboxylic acids is 1. The summed E-state index contributed by atoms with van der Waals surface area (Å²) < 4.78 is 51.3. The Balaban J connectivity index is 1.50. The lowest BCUT2D eigenvalue weighted by Crippen LogP contribution is -2.35. The van der Waals surface area contributed by atoms with E-state index in [1.807, 2.05) is 18.2 Å². The smallest absolute Gasteiger partial charge is 0.292 e. The highest BCUT2D eigenvalue weighted by Gasteiger charge is 2.24. The molecule has 1 aromatic carbocycles. The lowest BCUT2D eigenvalue weighted by atomic mass is 10.0. The van der Waals surface area contributed by atoms with Crippen molar-refractivity contribution in [2.24, 2.45) is 4.99 Å². The largest absolute Gasteiger partial charge is 0.488 e. The van der Waals surface area contributed by atoms with Gasteiger partial charge in [-0.15, -0.1) is 0 Å². The Morgan fingerprint density at radius 2 is 2.02 bits per heavy atom. The van der Waals surface area contributed by atoms with E-state index in [0.29, 0.717) is 5.75 Å². The number of para-hydroxylation sites is 1. The van der Waals surface area contributed by atoms with Crippen molar-refractivity contribution in [1.29, 1.82) is 0 Å². The van der Waals surface area contributed by atoms with Gasteiger partial charge in [-0.1, -0.05) is 32.1 Å². The number of aliphatic hydroxyl groups excluding tert-OH is 2. The Labute approximate surface area is 246 Å². The highest BCUT2D eigenvalue weighted by molar-refractivity contribution is 9.10. The normalized spacial score (nSPS) is 16.8. The molecule has 1 aliphatic heterocycles. The summed E-state index contributed by atoms with van der Waals surface area (Å²) in [4.78, 5) is 24.3. The van der Waals surface area contributed by atoms with Crippen molar-refractivity contribution in [1.82, 2.24) is 15.3 Å². The van der Waals surface area contributed by atoms with Crippen LogP contribution < -0.4 is 14.4 Å². The number of hydrogen-bond donors (Lipinski definition) is 3. The van der Waals surface area contributed by atoms with Crippen LogP contribution in [0.15, 0.2) is 39.8 Å². The van der Waals surface area contributed by atoms with Gasteiger partial charge in [0.25, 0.3) is 6.02 Å². The molecule has 1 aliphatic rings. The van der Waals surface area contributed by atoms with Crippen molar-refractivity contribution in [2.45, 2.75) is 50.9 Å². The van der Waals surface area contributed by atoms with E-state index in [4.69, 9.17) is 9.47 Å². The summed E-state index contributed by atoms with van der Waals surface area (Å²) in [7, 11) is -2.48. The quantitative estimate of drug-likeness (QED) is 0.291. The number of anilines is 1. The van der Waals surface area contributed by atoms with Crippen LogP contribution in [-0.4, -0.2) is 85.3 Å². The van der Waals surface area contributed by atoms with E-state index >= 15 is 0 Å². The molecular weight excluding hydrogens is 625 g/mol. The van der Waals surface area contributed by atoms with Gasteiger partial charge in [-0.2, -0.15) is 9.37 Å². The summed E-state index contributed by atoms with van der Waals surface area (Å²) in [6.07, 6.45) is 0.0668. The molecule has 41 heavy (non-hydrogen) atoms. The maximum absolute atomic E-state index is 14.8. The number of aliphatic imine (C=N–C) groups is 1. The first-order chi connectivity index (χ1) is 19.2. The van der Waals surface area contributed by atoms with Crippen molar-refractivity contribution in [2.75, 3.05) is 30.8 Å². The van der Waals surface area contributed by atoms with E-state index < -0.39 is 40.2 Å². The SMILES string of the molecule is CC(C)c1nc(N(C)S(C)(=O)=O)nc(F)c1/C=C/[C@H](O)C[C@@H](O)CC(=O)NC1=NCC(COc2ccccc2Br)O1. The number of carbonyl (C=O) groups is 1. The van der Waals surface area contributed by atoms with Gasteiger partial charge in [-0.3, -0.25) is 10.1 Å². The number of aliphatic hydroxyl groups is 2. The predicted octanol–water partition coefficient (Wildman–Crippen LogP) is 2.36. The van der Waals surface area contributed by atoms with Gasteiger partial charge < -0.3 is 19.7 Å². The van der Waals surface area contributed by atoms with Crippen LogP contribution >= 0.6 is 15.9 Å². The zero-order valence-electron chi connectivity index (χ0n) is 23.0. The summed E-state index contributed by atoms with van der Waals surface area (Å²) in [5.74, 6) is -1.48. The molecule has 0 aliphatic carbocycles. The summed E-state index contributed by atoms with van der Waals surface area (Å²) >= 11 is 3.40. The van der Waals surface area contributed by atoms with Gasteiger partial charge in [-0.05, 0) is 40.1 Å². The summed E-state index contributed by atoms with van der Waals surface area (Å²) in [6, 6.07) is 7.37. The van der Waals surface area contributed by atoms with E-state index in [9.17, 15) is 27.8 Å². The molecule has 0 saturated carbocycles. The summed E-state index contributed by atoms with van der Waals surface area (Å²) in [6.45, 7) is 4.00. The van der Waals surface area contributed by atoms with Crippen LogP contribution in [0.25, 0.3) is 6.08 Å². The van der Waals surface area contributed by atoms with Crippen LogP contribution in [0.1, 0.15) is 43.9 Å². The number of amides is 1. The minimum Gasteiger partial charge on any atom is -0.488 e. The van der Waals surface area contributed by atoms with Crippen molar-refractivity contribution >= 4 is 49.9 Å². The van der Waals surface area contributed by atoms with Crippen molar-refractivity contribution in [3.05, 3.63) is 52.0 Å². The van der Waals surface area contributed by atoms with E-state index in [1.54, 1.807) is 19.9 Å². The second-order valence-electron chi connectivity index (χ2n) is 9.69. The van der Waals surface area contributed by atoms with E-state index in [2.05, 4.69) is 36.2 Å². The molecule has 15 heteroatoms. The van der Waals surface area contributed by atoms with Gasteiger partial charge >= 0.3 is 0 Å². The molecule has 0 fully saturated rings. The molecule has 0 radical (unpaired) electrons. The first kappa shape index (κ1) is 32.4. The Morgan fingerprint density at radius 1 is 1.32 bits per heavy atom. The first-order valence-corrected chi connectivity index (χ1v) is 15.3. The Kier molecular flexibility index (Phi) is 11.2. The number of benzene rings is 1. The minimum atomic E-state index is -3.70. The molecule has 1 aromatic heterocycles. The zero-order chi connectivity index (χ0) is 30.3. The molecule has 3 atom stereocenters. The summed E-state index contributed by atoms with van der Waals surface area (Å²) in [5.41, 5.74) is 0.218. The monoisotopic (exact) mass is 657 g/mol. The van der Waals surface area contributed by atoms with Crippen LogP contribution in [0.5, 0.6) is 5.75 Å². The van der Waals surface area contributed by atoms with Crippen molar-refractivity contribution < 1.29 is 37.3 Å². The molecule has 1 amide bonds. The topological polar surface area (TPSA) is 164 Å². The molecule has 224 valence electrons. The fraction of sp³-hybridized carbons (Fsp3) is 0.462. The Morgan fingerprint density at radius 3 is 2.68 bits per heavy atom. The highest BCUT2D eigenvalue weighted by atomic mass is 79.9. The number of rotatable bonds is 12. The fourth-order valence-corrected chi connectivity index (χ4v) is 4.46. The van der Waals surface area contributed by atoms with Gasteiger partial charge in [0.05, 0.1) is 47.2 Å². The second-order valence-corrected chi connectivity index (χ2v) is 12.6. The van der Waals surface area contributed by atoms with Gasteiger partial charge in [0.15, 0.2) is 6.10 Å². The number of halogens is 2. The molecule has 3 N–H and O–H groups in total. The van der Waals surface area contributed by atoms with Gasteiger partial charge in [0, 0.05) is 13.5 Å². The third-order valence-corrected chi connectivity index (χ3v) is 7.70. The molecule has 1 unspecified atom stereocenters. The lowest BCUT2D eigenvalue weighted by Gasteiger charge is -2.18. The average Bonchev–Trinajstić information content (AvgIpc) is 3.32. The predicted molar refractivity (Wildman–Crippen MR) is 155 cm³/mol. The molecular formula is C26H33BrFN5O7S. The Hall–Kier alpha value is -3.14. The molecule has 2 heterocycles. The van der Waals surface area contributed by atoms with Gasteiger partial charge in [-0.25, -0.2) is 22.7 Å². The molecule has 2 aromatic rings. The maximum Gasteiger partial charge on any atom is 0.292 e. The number of hydrogen-bond acceptors (Lipinski definition) is 10.